The van der Waals surface area contributed by atoms with E-state index in [0.717, 1.165) is 17.6 Å². The molecule has 2 N–H and O–H groups in total. The third-order valence-electron chi connectivity index (χ3n) is 1.85. The Hall–Kier alpha value is -0.840. The monoisotopic (exact) mass is 232 g/mol. The molecule has 0 aliphatic carbocycles. The molecular formula is C8H10Cl2N4. The summed E-state index contributed by atoms with van der Waals surface area (Å²) < 4.78 is 1.96. The molecule has 4 nitrogen and oxygen atoms in total. The van der Waals surface area contributed by atoms with E-state index >= 15 is 0 Å². The van der Waals surface area contributed by atoms with Crippen LogP contribution in [0.15, 0.2) is 18.3 Å². The molecule has 2 aromatic heterocycles. The molecule has 0 aromatic carbocycles. The molecule has 0 aliphatic heterocycles. The van der Waals surface area contributed by atoms with E-state index in [1.54, 1.807) is 6.07 Å². The van der Waals surface area contributed by atoms with Crippen molar-refractivity contribution >= 4 is 35.0 Å². The summed E-state index contributed by atoms with van der Waals surface area (Å²) in [6.45, 7) is 1.34. The van der Waals surface area contributed by atoms with Gasteiger partial charge >= 0.3 is 0 Å². The Kier molecular flexibility index (Phi) is 3.69. The lowest BCUT2D eigenvalue weighted by molar-refractivity contribution is 0.723. The van der Waals surface area contributed by atoms with E-state index in [0.29, 0.717) is 11.7 Å². The number of nitrogens with two attached hydrogens (primary N) is 1. The molecule has 0 unspecified atom stereocenters. The molecule has 0 bridgehead atoms. The van der Waals surface area contributed by atoms with Crippen molar-refractivity contribution in [2.75, 3.05) is 6.54 Å². The highest BCUT2D eigenvalue weighted by atomic mass is 35.5. The number of nitrogens with zero attached hydrogens (tertiary/aromatic N) is 3. The fourth-order valence-corrected chi connectivity index (χ4v) is 1.44. The lowest BCUT2D eigenvalue weighted by Crippen LogP contribution is -2.09. The molecule has 2 rings (SSSR count). The third-order valence-corrected chi connectivity index (χ3v) is 2.03. The number of fused-ring (bicyclic) bond motifs is 1. The van der Waals surface area contributed by atoms with Crippen molar-refractivity contribution < 1.29 is 0 Å². The van der Waals surface area contributed by atoms with Gasteiger partial charge < -0.3 is 10.3 Å². The summed E-state index contributed by atoms with van der Waals surface area (Å²) in [6.07, 6.45) is 1.93. The molecule has 2 aromatic rings. The fourth-order valence-electron chi connectivity index (χ4n) is 1.28. The minimum atomic E-state index is 0. The SMILES string of the molecule is Cl.NCCn1ccc2cc(Cl)nnc21. The smallest absolute Gasteiger partial charge is 0.162 e. The topological polar surface area (TPSA) is 56.7 Å². The maximum Gasteiger partial charge on any atom is 0.162 e. The first kappa shape index (κ1) is 11.2. The molecule has 2 heterocycles. The van der Waals surface area contributed by atoms with Gasteiger partial charge in [-0.1, -0.05) is 11.6 Å². The quantitative estimate of drug-likeness (QED) is 0.854. The number of hydrogen-bond acceptors (Lipinski definition) is 3. The Morgan fingerprint density at radius 2 is 2.21 bits per heavy atom. The number of hydrogen-bond donors (Lipinski definition) is 1. The van der Waals surface area contributed by atoms with Crippen LogP contribution in [0.2, 0.25) is 5.15 Å². The molecule has 0 spiro atoms. The fraction of sp³-hybridized carbons (Fsp3) is 0.250. The number of aromatic nitrogens is 3. The molecule has 0 aliphatic rings. The largest absolute Gasteiger partial charge is 0.330 e. The summed E-state index contributed by atoms with van der Waals surface area (Å²) in [5.74, 6) is 0. The highest BCUT2D eigenvalue weighted by Crippen LogP contribution is 2.15. The average molecular weight is 233 g/mol. The van der Waals surface area contributed by atoms with Crippen molar-refractivity contribution in [3.63, 3.8) is 0 Å². The molecule has 0 saturated heterocycles. The summed E-state index contributed by atoms with van der Waals surface area (Å²) in [6, 6.07) is 3.74. The van der Waals surface area contributed by atoms with Gasteiger partial charge in [-0.3, -0.25) is 0 Å². The van der Waals surface area contributed by atoms with Gasteiger partial charge in [0.1, 0.15) is 0 Å². The molecule has 0 saturated carbocycles. The molecule has 76 valence electrons. The van der Waals surface area contributed by atoms with E-state index in [9.17, 15) is 0 Å². The van der Waals surface area contributed by atoms with Crippen LogP contribution in [0, 0.1) is 0 Å². The minimum Gasteiger partial charge on any atom is -0.330 e. The van der Waals surface area contributed by atoms with Crippen LogP contribution in [0.5, 0.6) is 0 Å². The van der Waals surface area contributed by atoms with Crippen molar-refractivity contribution in [2.24, 2.45) is 5.73 Å². The minimum absolute atomic E-state index is 0. The zero-order chi connectivity index (χ0) is 9.26. The maximum atomic E-state index is 5.70. The highest BCUT2D eigenvalue weighted by molar-refractivity contribution is 6.29. The van der Waals surface area contributed by atoms with Gasteiger partial charge in [-0.05, 0) is 12.1 Å². The summed E-state index contributed by atoms with van der Waals surface area (Å²) in [5, 5.41) is 9.17. The lowest BCUT2D eigenvalue weighted by atomic mass is 10.4. The van der Waals surface area contributed by atoms with E-state index in [2.05, 4.69) is 10.2 Å². The second-order valence-corrected chi connectivity index (χ2v) is 3.13. The Labute approximate surface area is 92.5 Å². The lowest BCUT2D eigenvalue weighted by Gasteiger charge is -1.99. The van der Waals surface area contributed by atoms with Gasteiger partial charge in [0.05, 0.1) is 0 Å². The molecule has 0 fully saturated rings. The number of rotatable bonds is 2. The zero-order valence-corrected chi connectivity index (χ0v) is 8.92. The summed E-state index contributed by atoms with van der Waals surface area (Å²) in [5.41, 5.74) is 6.27. The van der Waals surface area contributed by atoms with Gasteiger partial charge in [-0.2, -0.15) is 0 Å². The van der Waals surface area contributed by atoms with Crippen LogP contribution in [0.3, 0.4) is 0 Å². The normalized spacial score (nSPS) is 10.1. The van der Waals surface area contributed by atoms with Crippen LogP contribution in [0.1, 0.15) is 0 Å². The standard InChI is InChI=1S/C8H9ClN4.ClH/c9-7-5-6-1-3-13(4-2-10)8(6)12-11-7;/h1,3,5H,2,4,10H2;1H. The summed E-state index contributed by atoms with van der Waals surface area (Å²) >= 11 is 5.70. The first-order chi connectivity index (χ1) is 6.31. The molecular weight excluding hydrogens is 223 g/mol. The van der Waals surface area contributed by atoms with Gasteiger partial charge in [0.2, 0.25) is 0 Å². The Morgan fingerprint density at radius 1 is 1.43 bits per heavy atom. The van der Waals surface area contributed by atoms with Gasteiger partial charge in [-0.15, -0.1) is 22.6 Å². The number of halogens is 2. The van der Waals surface area contributed by atoms with Gasteiger partial charge in [0, 0.05) is 24.7 Å². The summed E-state index contributed by atoms with van der Waals surface area (Å²) in [7, 11) is 0. The predicted octanol–water partition coefficient (Wildman–Crippen LogP) is 1.47. The van der Waals surface area contributed by atoms with Crippen molar-refractivity contribution in [1.82, 2.24) is 14.8 Å². The van der Waals surface area contributed by atoms with Gasteiger partial charge in [0.15, 0.2) is 10.8 Å². The molecule has 14 heavy (non-hydrogen) atoms. The van der Waals surface area contributed by atoms with Crippen LogP contribution < -0.4 is 5.73 Å². The average Bonchev–Trinajstić information content (AvgIpc) is 2.49. The van der Waals surface area contributed by atoms with Crippen molar-refractivity contribution in [3.05, 3.63) is 23.5 Å². The second-order valence-electron chi connectivity index (χ2n) is 2.74. The van der Waals surface area contributed by atoms with Crippen LogP contribution in [-0.2, 0) is 6.54 Å². The van der Waals surface area contributed by atoms with Gasteiger partial charge in [0.25, 0.3) is 0 Å². The van der Waals surface area contributed by atoms with E-state index in [1.165, 1.54) is 0 Å². The zero-order valence-electron chi connectivity index (χ0n) is 7.35. The predicted molar refractivity (Wildman–Crippen MR) is 58.8 cm³/mol. The van der Waals surface area contributed by atoms with E-state index in [1.807, 2.05) is 16.8 Å². The first-order valence-electron chi connectivity index (χ1n) is 3.99. The van der Waals surface area contributed by atoms with Crippen molar-refractivity contribution in [1.29, 1.82) is 0 Å². The van der Waals surface area contributed by atoms with Crippen LogP contribution in [0.4, 0.5) is 0 Å². The molecule has 0 atom stereocenters. The Balaban J connectivity index is 0.000000980. The molecule has 0 radical (unpaired) electrons. The Morgan fingerprint density at radius 3 is 2.93 bits per heavy atom. The Bertz CT molecular complexity index is 426. The first-order valence-corrected chi connectivity index (χ1v) is 4.37. The highest BCUT2D eigenvalue weighted by Gasteiger charge is 2.02. The molecule has 0 amide bonds. The maximum absolute atomic E-state index is 5.70. The van der Waals surface area contributed by atoms with Crippen molar-refractivity contribution in [2.45, 2.75) is 6.54 Å². The third kappa shape index (κ3) is 1.97. The van der Waals surface area contributed by atoms with E-state index < -0.39 is 0 Å². The molecule has 6 heteroatoms. The van der Waals surface area contributed by atoms with E-state index in [4.69, 9.17) is 17.3 Å². The van der Waals surface area contributed by atoms with Crippen LogP contribution >= 0.6 is 24.0 Å². The van der Waals surface area contributed by atoms with E-state index in [-0.39, 0.29) is 12.4 Å². The van der Waals surface area contributed by atoms with Gasteiger partial charge in [-0.25, -0.2) is 0 Å². The van der Waals surface area contributed by atoms with Crippen molar-refractivity contribution in [3.8, 4) is 0 Å². The van der Waals surface area contributed by atoms with Crippen LogP contribution in [-0.4, -0.2) is 21.3 Å². The van der Waals surface area contributed by atoms with Crippen LogP contribution in [0.25, 0.3) is 11.0 Å². The summed E-state index contributed by atoms with van der Waals surface area (Å²) in [4.78, 5) is 0. The second kappa shape index (κ2) is 4.59.